The second-order valence-corrected chi connectivity index (χ2v) is 1.45. The molecule has 0 atom stereocenters. The van der Waals surface area contributed by atoms with Crippen molar-refractivity contribution in [3.8, 4) is 0 Å². The molecule has 1 fully saturated rings. The summed E-state index contributed by atoms with van der Waals surface area (Å²) < 4.78 is 4.83. The molecule has 1 rings (SSSR count). The van der Waals surface area contributed by atoms with Gasteiger partial charge in [0.15, 0.2) is 0 Å². The Kier molecular flexibility index (Phi) is 1.08. The molecule has 0 spiro atoms. The summed E-state index contributed by atoms with van der Waals surface area (Å²) in [6.45, 7) is 1.69. The Morgan fingerprint density at radius 3 is 2.33 bits per heavy atom. The standard InChI is InChI=1S/C4H8NO/c1-5-4-2-6-3-4/h4H,2-3H2,1H3. The summed E-state index contributed by atoms with van der Waals surface area (Å²) in [5.74, 6) is 0. The van der Waals surface area contributed by atoms with Crippen LogP contribution in [0.4, 0.5) is 0 Å². The fourth-order valence-electron chi connectivity index (χ4n) is 0.372. The Labute approximate surface area is 37.5 Å². The van der Waals surface area contributed by atoms with Gasteiger partial charge in [0.1, 0.15) is 0 Å². The van der Waals surface area contributed by atoms with Crippen molar-refractivity contribution in [2.75, 3.05) is 20.3 Å². The molecule has 2 heteroatoms. The highest BCUT2D eigenvalue weighted by atomic mass is 16.5. The van der Waals surface area contributed by atoms with Crippen LogP contribution < -0.4 is 5.32 Å². The molecular formula is C4H8NO. The van der Waals surface area contributed by atoms with Crippen LogP contribution in [0.15, 0.2) is 0 Å². The molecule has 2 nitrogen and oxygen atoms in total. The van der Waals surface area contributed by atoms with E-state index < -0.39 is 0 Å². The monoisotopic (exact) mass is 86.1 g/mol. The molecule has 0 amide bonds. The van der Waals surface area contributed by atoms with Crippen molar-refractivity contribution in [3.63, 3.8) is 0 Å². The lowest BCUT2D eigenvalue weighted by Crippen LogP contribution is -2.39. The molecule has 0 saturated carbocycles. The van der Waals surface area contributed by atoms with E-state index in [1.54, 1.807) is 0 Å². The minimum atomic E-state index is 0.519. The van der Waals surface area contributed by atoms with E-state index in [1.807, 2.05) is 7.05 Å². The van der Waals surface area contributed by atoms with Gasteiger partial charge in [-0.1, -0.05) is 0 Å². The molecular weight excluding hydrogens is 78.0 g/mol. The lowest BCUT2D eigenvalue weighted by Gasteiger charge is -2.23. The number of nitrogens with zero attached hydrogens (tertiary/aromatic N) is 1. The predicted octanol–water partition coefficient (Wildman–Crippen LogP) is -0.381. The third-order valence-electron chi connectivity index (χ3n) is 0.986. The molecule has 0 aromatic heterocycles. The van der Waals surface area contributed by atoms with Gasteiger partial charge in [0, 0.05) is 7.05 Å². The summed E-state index contributed by atoms with van der Waals surface area (Å²) in [5.41, 5.74) is 0. The van der Waals surface area contributed by atoms with Crippen LogP contribution in [0.2, 0.25) is 0 Å². The van der Waals surface area contributed by atoms with Gasteiger partial charge in [0.25, 0.3) is 0 Å². The van der Waals surface area contributed by atoms with Gasteiger partial charge in [-0.15, -0.1) is 0 Å². The van der Waals surface area contributed by atoms with E-state index in [2.05, 4.69) is 5.32 Å². The van der Waals surface area contributed by atoms with Gasteiger partial charge in [-0.3, -0.25) is 0 Å². The van der Waals surface area contributed by atoms with Crippen molar-refractivity contribution in [3.05, 3.63) is 0 Å². The molecule has 1 aliphatic rings. The van der Waals surface area contributed by atoms with Gasteiger partial charge >= 0.3 is 0 Å². The molecule has 0 N–H and O–H groups in total. The van der Waals surface area contributed by atoms with Crippen molar-refractivity contribution in [1.29, 1.82) is 0 Å². The fourth-order valence-corrected chi connectivity index (χ4v) is 0.372. The van der Waals surface area contributed by atoms with Crippen LogP contribution in [0.3, 0.4) is 0 Å². The maximum atomic E-state index is 4.83. The van der Waals surface area contributed by atoms with Crippen LogP contribution in [-0.4, -0.2) is 26.3 Å². The third-order valence-corrected chi connectivity index (χ3v) is 0.986. The molecule has 1 saturated heterocycles. The molecule has 0 bridgehead atoms. The van der Waals surface area contributed by atoms with Crippen molar-refractivity contribution in [2.24, 2.45) is 0 Å². The van der Waals surface area contributed by atoms with Gasteiger partial charge in [-0.05, 0) is 0 Å². The molecule has 0 unspecified atom stereocenters. The van der Waals surface area contributed by atoms with Crippen molar-refractivity contribution in [1.82, 2.24) is 5.32 Å². The van der Waals surface area contributed by atoms with Crippen LogP contribution in [0, 0.1) is 0 Å². The van der Waals surface area contributed by atoms with E-state index in [4.69, 9.17) is 4.74 Å². The lowest BCUT2D eigenvalue weighted by atomic mass is 10.3. The molecule has 1 heterocycles. The van der Waals surface area contributed by atoms with Gasteiger partial charge in [-0.2, -0.15) is 0 Å². The molecule has 1 radical (unpaired) electrons. The SMILES string of the molecule is C[N]C1COC1. The number of ether oxygens (including phenoxy) is 1. The Bertz CT molecular complexity index is 40.1. The van der Waals surface area contributed by atoms with Crippen molar-refractivity contribution in [2.45, 2.75) is 6.04 Å². The van der Waals surface area contributed by atoms with E-state index in [0.717, 1.165) is 13.2 Å². The number of likely N-dealkylation sites (N-methyl/N-ethyl adjacent to an activating group) is 1. The smallest absolute Gasteiger partial charge is 0.0710 e. The Balaban J connectivity index is 2.01. The first-order valence-corrected chi connectivity index (χ1v) is 2.10. The normalized spacial score (nSPS) is 23.5. The predicted molar refractivity (Wildman–Crippen MR) is 22.7 cm³/mol. The van der Waals surface area contributed by atoms with E-state index in [9.17, 15) is 0 Å². The fraction of sp³-hybridized carbons (Fsp3) is 1.00. The van der Waals surface area contributed by atoms with Crippen LogP contribution in [0.5, 0.6) is 0 Å². The summed E-state index contributed by atoms with van der Waals surface area (Å²) in [4.78, 5) is 0. The van der Waals surface area contributed by atoms with Gasteiger partial charge in [0.05, 0.1) is 19.3 Å². The summed E-state index contributed by atoms with van der Waals surface area (Å²) in [6.07, 6.45) is 0. The maximum Gasteiger partial charge on any atom is 0.0710 e. The van der Waals surface area contributed by atoms with Crippen LogP contribution >= 0.6 is 0 Å². The zero-order valence-electron chi connectivity index (χ0n) is 3.85. The van der Waals surface area contributed by atoms with Crippen LogP contribution in [0.1, 0.15) is 0 Å². The molecule has 0 aliphatic carbocycles. The highest BCUT2D eigenvalue weighted by molar-refractivity contribution is 4.68. The summed E-state index contributed by atoms with van der Waals surface area (Å²) in [7, 11) is 1.83. The van der Waals surface area contributed by atoms with Crippen molar-refractivity contribution >= 4 is 0 Å². The zero-order valence-corrected chi connectivity index (χ0v) is 3.85. The molecule has 6 heavy (non-hydrogen) atoms. The minimum Gasteiger partial charge on any atom is -0.378 e. The topological polar surface area (TPSA) is 23.3 Å². The van der Waals surface area contributed by atoms with Gasteiger partial charge in [-0.25, -0.2) is 5.32 Å². The summed E-state index contributed by atoms with van der Waals surface area (Å²) in [5, 5.41) is 3.97. The second-order valence-electron chi connectivity index (χ2n) is 1.45. The number of hydrogen-bond donors (Lipinski definition) is 0. The van der Waals surface area contributed by atoms with Crippen molar-refractivity contribution < 1.29 is 4.74 Å². The van der Waals surface area contributed by atoms with E-state index in [0.29, 0.717) is 6.04 Å². The molecule has 0 aromatic carbocycles. The van der Waals surface area contributed by atoms with Gasteiger partial charge < -0.3 is 4.74 Å². The largest absolute Gasteiger partial charge is 0.378 e. The van der Waals surface area contributed by atoms with E-state index >= 15 is 0 Å². The average molecular weight is 86.1 g/mol. The molecule has 1 aliphatic heterocycles. The first kappa shape index (κ1) is 4.09. The zero-order chi connectivity index (χ0) is 4.41. The van der Waals surface area contributed by atoms with Crippen LogP contribution in [-0.2, 0) is 4.74 Å². The lowest BCUT2D eigenvalue weighted by molar-refractivity contribution is -0.00325. The second kappa shape index (κ2) is 1.58. The third kappa shape index (κ3) is 0.533. The van der Waals surface area contributed by atoms with Gasteiger partial charge in [0.2, 0.25) is 0 Å². The number of rotatable bonds is 1. The summed E-state index contributed by atoms with van der Waals surface area (Å²) in [6, 6.07) is 0.519. The Morgan fingerprint density at radius 1 is 1.67 bits per heavy atom. The first-order chi connectivity index (χ1) is 2.93. The van der Waals surface area contributed by atoms with E-state index in [-0.39, 0.29) is 0 Å². The highest BCUT2D eigenvalue weighted by Crippen LogP contribution is 1.97. The maximum absolute atomic E-state index is 4.83. The minimum absolute atomic E-state index is 0.519. The molecule has 35 valence electrons. The average Bonchev–Trinajstić information content (AvgIpc) is 1.31. The Hall–Kier alpha value is -0.0800. The molecule has 0 aromatic rings. The van der Waals surface area contributed by atoms with Crippen LogP contribution in [0.25, 0.3) is 0 Å². The van der Waals surface area contributed by atoms with E-state index in [1.165, 1.54) is 0 Å². The quantitative estimate of drug-likeness (QED) is 0.426. The summed E-state index contributed by atoms with van der Waals surface area (Å²) >= 11 is 0. The number of hydrogen-bond acceptors (Lipinski definition) is 1. The first-order valence-electron chi connectivity index (χ1n) is 2.10. The Morgan fingerprint density at radius 2 is 2.33 bits per heavy atom. The highest BCUT2D eigenvalue weighted by Gasteiger charge is 2.15.